The quantitative estimate of drug-likeness (QED) is 0.910. The maximum Gasteiger partial charge on any atom is 0.146 e. The molecule has 0 aliphatic heterocycles. The molecule has 2 aromatic carbocycles. The Morgan fingerprint density at radius 1 is 1.20 bits per heavy atom. The van der Waals surface area contributed by atoms with Gasteiger partial charge in [0.2, 0.25) is 0 Å². The molecule has 0 saturated carbocycles. The fourth-order valence-electron chi connectivity index (χ4n) is 2.16. The Bertz CT molecular complexity index is 586. The molecule has 0 radical (unpaired) electrons. The number of aliphatic hydroxyl groups excluding tert-OH is 1. The van der Waals surface area contributed by atoms with Crippen LogP contribution in [0.15, 0.2) is 42.5 Å². The summed E-state index contributed by atoms with van der Waals surface area (Å²) in [6.07, 6.45) is 0. The van der Waals surface area contributed by atoms with Crippen LogP contribution in [-0.4, -0.2) is 19.3 Å². The molecule has 3 nitrogen and oxygen atoms in total. The van der Waals surface area contributed by atoms with E-state index in [4.69, 9.17) is 4.74 Å². The summed E-state index contributed by atoms with van der Waals surface area (Å²) >= 11 is 0. The van der Waals surface area contributed by atoms with E-state index in [-0.39, 0.29) is 12.4 Å². The molecule has 0 atom stereocenters. The summed E-state index contributed by atoms with van der Waals surface area (Å²) in [5, 5.41) is 9.21. The molecule has 0 heterocycles. The van der Waals surface area contributed by atoms with Gasteiger partial charge in [0.25, 0.3) is 0 Å². The second-order valence-electron chi connectivity index (χ2n) is 4.61. The van der Waals surface area contributed by atoms with E-state index in [1.807, 2.05) is 30.1 Å². The number of benzene rings is 2. The van der Waals surface area contributed by atoms with E-state index in [0.29, 0.717) is 12.2 Å². The molecule has 0 saturated heterocycles. The van der Waals surface area contributed by atoms with Crippen LogP contribution in [0.25, 0.3) is 0 Å². The van der Waals surface area contributed by atoms with Crippen molar-refractivity contribution < 1.29 is 14.2 Å². The topological polar surface area (TPSA) is 32.7 Å². The third-order valence-corrected chi connectivity index (χ3v) is 3.20. The molecule has 0 spiro atoms. The highest BCUT2D eigenvalue weighted by Gasteiger charge is 2.11. The van der Waals surface area contributed by atoms with Crippen LogP contribution in [0, 0.1) is 5.82 Å². The van der Waals surface area contributed by atoms with Crippen LogP contribution >= 0.6 is 0 Å². The zero-order valence-corrected chi connectivity index (χ0v) is 11.6. The summed E-state index contributed by atoms with van der Waals surface area (Å²) in [6, 6.07) is 12.1. The molecule has 0 aliphatic rings. The molecule has 20 heavy (non-hydrogen) atoms. The van der Waals surface area contributed by atoms with E-state index in [1.54, 1.807) is 25.3 Å². The lowest BCUT2D eigenvalue weighted by molar-refractivity contribution is 0.281. The van der Waals surface area contributed by atoms with Crippen molar-refractivity contribution in [3.05, 3.63) is 59.4 Å². The van der Waals surface area contributed by atoms with Crippen molar-refractivity contribution >= 4 is 5.69 Å². The van der Waals surface area contributed by atoms with E-state index in [2.05, 4.69) is 0 Å². The number of ether oxygens (including phenoxy) is 1. The van der Waals surface area contributed by atoms with E-state index in [1.165, 1.54) is 6.07 Å². The third kappa shape index (κ3) is 3.08. The molecule has 0 fully saturated rings. The number of nitrogens with zero attached hydrogens (tertiary/aromatic N) is 1. The van der Waals surface area contributed by atoms with Crippen LogP contribution in [0.1, 0.15) is 11.1 Å². The molecule has 0 amide bonds. The van der Waals surface area contributed by atoms with Crippen molar-refractivity contribution in [2.45, 2.75) is 13.2 Å². The molecular formula is C16H18FNO2. The first-order valence-electron chi connectivity index (χ1n) is 6.38. The van der Waals surface area contributed by atoms with Gasteiger partial charge in [0.15, 0.2) is 0 Å². The van der Waals surface area contributed by atoms with Crippen molar-refractivity contribution in [3.8, 4) is 5.75 Å². The molecule has 0 unspecified atom stereocenters. The van der Waals surface area contributed by atoms with Crippen molar-refractivity contribution in [2.24, 2.45) is 0 Å². The van der Waals surface area contributed by atoms with Gasteiger partial charge in [-0.15, -0.1) is 0 Å². The van der Waals surface area contributed by atoms with Crippen molar-refractivity contribution in [3.63, 3.8) is 0 Å². The largest absolute Gasteiger partial charge is 0.496 e. The van der Waals surface area contributed by atoms with Gasteiger partial charge in [-0.2, -0.15) is 0 Å². The number of para-hydroxylation sites is 1. The van der Waals surface area contributed by atoms with Gasteiger partial charge in [-0.3, -0.25) is 0 Å². The first-order chi connectivity index (χ1) is 9.65. The minimum Gasteiger partial charge on any atom is -0.496 e. The highest BCUT2D eigenvalue weighted by Crippen LogP contribution is 2.25. The Morgan fingerprint density at radius 3 is 2.60 bits per heavy atom. The van der Waals surface area contributed by atoms with Crippen LogP contribution in [0.3, 0.4) is 0 Å². The Kier molecular flexibility index (Phi) is 4.58. The highest BCUT2D eigenvalue weighted by molar-refractivity contribution is 5.49. The predicted octanol–water partition coefficient (Wildman–Crippen LogP) is 2.96. The first-order valence-corrected chi connectivity index (χ1v) is 6.38. The van der Waals surface area contributed by atoms with E-state index in [0.717, 1.165) is 16.9 Å². The number of methoxy groups -OCH3 is 1. The zero-order valence-electron chi connectivity index (χ0n) is 11.6. The van der Waals surface area contributed by atoms with Crippen LogP contribution in [-0.2, 0) is 13.2 Å². The Labute approximate surface area is 118 Å². The van der Waals surface area contributed by atoms with Crippen LogP contribution < -0.4 is 9.64 Å². The van der Waals surface area contributed by atoms with Gasteiger partial charge in [0, 0.05) is 19.2 Å². The van der Waals surface area contributed by atoms with E-state index < -0.39 is 0 Å². The monoisotopic (exact) mass is 275 g/mol. The summed E-state index contributed by atoms with van der Waals surface area (Å²) in [7, 11) is 3.42. The van der Waals surface area contributed by atoms with Crippen LogP contribution in [0.4, 0.5) is 10.1 Å². The second-order valence-corrected chi connectivity index (χ2v) is 4.61. The molecular weight excluding hydrogens is 257 g/mol. The maximum absolute atomic E-state index is 13.8. The minimum atomic E-state index is -0.257. The first kappa shape index (κ1) is 14.3. The van der Waals surface area contributed by atoms with Crippen molar-refractivity contribution in [1.82, 2.24) is 0 Å². The number of aliphatic hydroxyl groups is 1. The minimum absolute atomic E-state index is 0.0274. The smallest absolute Gasteiger partial charge is 0.146 e. The lowest BCUT2D eigenvalue weighted by atomic mass is 10.1. The maximum atomic E-state index is 13.8. The fraction of sp³-hybridized carbons (Fsp3) is 0.250. The average molecular weight is 275 g/mol. The molecule has 0 aromatic heterocycles. The van der Waals surface area contributed by atoms with Crippen LogP contribution in [0.2, 0.25) is 0 Å². The average Bonchev–Trinajstić information content (AvgIpc) is 2.47. The fourth-order valence-corrected chi connectivity index (χ4v) is 2.16. The van der Waals surface area contributed by atoms with Gasteiger partial charge in [-0.25, -0.2) is 4.39 Å². The molecule has 1 N–H and O–H groups in total. The van der Waals surface area contributed by atoms with Gasteiger partial charge in [-0.1, -0.05) is 18.2 Å². The number of anilines is 1. The third-order valence-electron chi connectivity index (χ3n) is 3.20. The Morgan fingerprint density at radius 2 is 1.95 bits per heavy atom. The normalized spacial score (nSPS) is 10.4. The van der Waals surface area contributed by atoms with Gasteiger partial charge in [0.1, 0.15) is 11.6 Å². The van der Waals surface area contributed by atoms with Crippen molar-refractivity contribution in [2.75, 3.05) is 19.1 Å². The summed E-state index contributed by atoms with van der Waals surface area (Å²) in [5.41, 5.74) is 2.25. The van der Waals surface area contributed by atoms with Gasteiger partial charge < -0.3 is 14.7 Å². The summed E-state index contributed by atoms with van der Waals surface area (Å²) in [4.78, 5) is 1.81. The Hall–Kier alpha value is -2.07. The number of rotatable bonds is 5. The summed E-state index contributed by atoms with van der Waals surface area (Å²) in [6.45, 7) is 0.471. The number of hydrogen-bond donors (Lipinski definition) is 1. The van der Waals surface area contributed by atoms with Gasteiger partial charge in [0.05, 0.1) is 19.4 Å². The zero-order chi connectivity index (χ0) is 14.5. The molecule has 4 heteroatoms. The van der Waals surface area contributed by atoms with Crippen LogP contribution in [0.5, 0.6) is 5.75 Å². The summed E-state index contributed by atoms with van der Waals surface area (Å²) < 4.78 is 19.1. The highest BCUT2D eigenvalue weighted by atomic mass is 19.1. The number of halogens is 1. The van der Waals surface area contributed by atoms with E-state index in [9.17, 15) is 9.50 Å². The predicted molar refractivity (Wildman–Crippen MR) is 77.4 cm³/mol. The lowest BCUT2D eigenvalue weighted by Crippen LogP contribution is -2.18. The van der Waals surface area contributed by atoms with Gasteiger partial charge >= 0.3 is 0 Å². The lowest BCUT2D eigenvalue weighted by Gasteiger charge is -2.21. The Balaban J connectivity index is 2.27. The standard InChI is InChI=1S/C16H18FNO2/c1-18(15-6-4-3-5-14(15)17)10-13-9-12(11-19)7-8-16(13)20-2/h3-9,19H,10-11H2,1-2H3. The molecule has 2 aromatic rings. The SMILES string of the molecule is COc1ccc(CO)cc1CN(C)c1ccccc1F. The molecule has 2 rings (SSSR count). The summed E-state index contributed by atoms with van der Waals surface area (Å²) in [5.74, 6) is 0.470. The number of hydrogen-bond acceptors (Lipinski definition) is 3. The second kappa shape index (κ2) is 6.39. The van der Waals surface area contributed by atoms with Gasteiger partial charge in [-0.05, 0) is 29.8 Å². The molecule has 0 aliphatic carbocycles. The molecule has 0 bridgehead atoms. The molecule has 106 valence electrons. The van der Waals surface area contributed by atoms with Crippen molar-refractivity contribution in [1.29, 1.82) is 0 Å². The van der Waals surface area contributed by atoms with E-state index >= 15 is 0 Å².